The van der Waals surface area contributed by atoms with Gasteiger partial charge in [-0.1, -0.05) is 0 Å². The zero-order valence-corrected chi connectivity index (χ0v) is 16.5. The molecule has 0 unspecified atom stereocenters. The average Bonchev–Trinajstić information content (AvgIpc) is 3.42. The van der Waals surface area contributed by atoms with Crippen LogP contribution in [0, 0.1) is 11.3 Å². The number of carbonyl (C=O) groups is 2. The average molecular weight is 383 g/mol. The quantitative estimate of drug-likeness (QED) is 0.869. The predicted octanol–water partition coefficient (Wildman–Crippen LogP) is 2.12. The fraction of sp³-hybridized carbons (Fsp3) is 0.682. The molecule has 6 nitrogen and oxygen atoms in total. The Hall–Kier alpha value is -2.11. The topological polar surface area (TPSA) is 73.5 Å². The molecule has 1 N–H and O–H groups in total. The standard InChI is InChI=1S/C22H29N3O3/c26-19-17(12-16-4-1-2-5-18(16)23-19)20(27)25-11-9-22(14-25)8-3-10-24(21(22)28)13-15-6-7-15/h12,15H,1-11,13-14H2,(H,23,26)/t22-/m1/s1. The van der Waals surface area contributed by atoms with Gasteiger partial charge in [0.1, 0.15) is 5.56 Å². The minimum Gasteiger partial charge on any atom is -0.342 e. The number of nitrogens with one attached hydrogen (secondary N) is 1. The molecule has 3 heterocycles. The molecule has 1 aromatic heterocycles. The summed E-state index contributed by atoms with van der Waals surface area (Å²) in [5.74, 6) is 0.714. The van der Waals surface area contributed by atoms with Gasteiger partial charge in [-0.2, -0.15) is 0 Å². The van der Waals surface area contributed by atoms with Crippen LogP contribution < -0.4 is 5.56 Å². The molecule has 1 atom stereocenters. The van der Waals surface area contributed by atoms with E-state index < -0.39 is 5.41 Å². The van der Waals surface area contributed by atoms with E-state index in [4.69, 9.17) is 0 Å². The van der Waals surface area contributed by atoms with Crippen LogP contribution in [0.5, 0.6) is 0 Å². The molecule has 0 radical (unpaired) electrons. The lowest BCUT2D eigenvalue weighted by Crippen LogP contribution is -2.51. The first kappa shape index (κ1) is 18.0. The fourth-order valence-corrected chi connectivity index (χ4v) is 5.37. The van der Waals surface area contributed by atoms with Crippen LogP contribution in [-0.4, -0.2) is 52.8 Å². The molecule has 6 heteroatoms. The zero-order valence-electron chi connectivity index (χ0n) is 16.5. The maximum absolute atomic E-state index is 13.2. The Bertz CT molecular complexity index is 872. The van der Waals surface area contributed by atoms with Crippen molar-refractivity contribution >= 4 is 11.8 Å². The van der Waals surface area contributed by atoms with Crippen molar-refractivity contribution in [3.05, 3.63) is 33.2 Å². The van der Waals surface area contributed by atoms with E-state index in [1.54, 1.807) is 4.90 Å². The Morgan fingerprint density at radius 1 is 1.11 bits per heavy atom. The molecule has 1 spiro atoms. The number of nitrogens with zero attached hydrogens (tertiary/aromatic N) is 2. The van der Waals surface area contributed by atoms with Crippen LogP contribution in [0.15, 0.2) is 10.9 Å². The lowest BCUT2D eigenvalue weighted by molar-refractivity contribution is -0.145. The van der Waals surface area contributed by atoms with Crippen LogP contribution >= 0.6 is 0 Å². The molecule has 2 amide bonds. The van der Waals surface area contributed by atoms with Gasteiger partial charge in [0.2, 0.25) is 5.91 Å². The van der Waals surface area contributed by atoms with Gasteiger partial charge in [-0.05, 0) is 75.3 Å². The van der Waals surface area contributed by atoms with E-state index in [0.29, 0.717) is 19.0 Å². The summed E-state index contributed by atoms with van der Waals surface area (Å²) in [5.41, 5.74) is 1.63. The number of carbonyl (C=O) groups excluding carboxylic acids is 2. The molecule has 2 saturated heterocycles. The van der Waals surface area contributed by atoms with Gasteiger partial charge in [0.25, 0.3) is 11.5 Å². The van der Waals surface area contributed by atoms with E-state index in [1.807, 2.05) is 11.0 Å². The van der Waals surface area contributed by atoms with E-state index in [0.717, 1.165) is 69.3 Å². The number of rotatable bonds is 3. The van der Waals surface area contributed by atoms with Crippen molar-refractivity contribution in [3.63, 3.8) is 0 Å². The van der Waals surface area contributed by atoms with E-state index >= 15 is 0 Å². The number of fused-ring (bicyclic) bond motifs is 1. The van der Waals surface area contributed by atoms with E-state index in [2.05, 4.69) is 4.98 Å². The normalized spacial score (nSPS) is 27.4. The minimum atomic E-state index is -0.427. The molecule has 28 heavy (non-hydrogen) atoms. The number of pyridine rings is 1. The van der Waals surface area contributed by atoms with Crippen molar-refractivity contribution in [2.75, 3.05) is 26.2 Å². The summed E-state index contributed by atoms with van der Waals surface area (Å²) in [4.78, 5) is 45.6. The highest BCUT2D eigenvalue weighted by atomic mass is 16.2. The summed E-state index contributed by atoms with van der Waals surface area (Å²) >= 11 is 0. The van der Waals surface area contributed by atoms with Gasteiger partial charge in [0, 0.05) is 31.9 Å². The van der Waals surface area contributed by atoms with Gasteiger partial charge in [-0.15, -0.1) is 0 Å². The third-order valence-electron chi connectivity index (χ3n) is 7.21. The Labute approximate surface area is 165 Å². The second kappa shape index (κ2) is 6.75. The highest BCUT2D eigenvalue weighted by molar-refractivity contribution is 5.95. The van der Waals surface area contributed by atoms with Crippen molar-refractivity contribution in [2.24, 2.45) is 11.3 Å². The number of aryl methyl sites for hydroxylation is 2. The summed E-state index contributed by atoms with van der Waals surface area (Å²) in [7, 11) is 0. The van der Waals surface area contributed by atoms with Gasteiger partial charge in [0.15, 0.2) is 0 Å². The Balaban J connectivity index is 1.35. The number of amides is 2. The van der Waals surface area contributed by atoms with Crippen molar-refractivity contribution in [1.29, 1.82) is 0 Å². The fourth-order valence-electron chi connectivity index (χ4n) is 5.37. The van der Waals surface area contributed by atoms with Gasteiger partial charge in [-0.25, -0.2) is 0 Å². The smallest absolute Gasteiger partial charge is 0.261 e. The third kappa shape index (κ3) is 3.07. The second-order valence-corrected chi connectivity index (χ2v) is 9.28. The second-order valence-electron chi connectivity index (χ2n) is 9.28. The van der Waals surface area contributed by atoms with Crippen LogP contribution in [-0.2, 0) is 17.6 Å². The van der Waals surface area contributed by atoms with Crippen LogP contribution in [0.25, 0.3) is 0 Å². The van der Waals surface area contributed by atoms with Crippen molar-refractivity contribution in [1.82, 2.24) is 14.8 Å². The molecule has 0 bridgehead atoms. The third-order valence-corrected chi connectivity index (χ3v) is 7.21. The molecule has 1 saturated carbocycles. The highest BCUT2D eigenvalue weighted by Crippen LogP contribution is 2.42. The number of piperidine rings is 1. The number of hydrogen-bond acceptors (Lipinski definition) is 3. The van der Waals surface area contributed by atoms with Crippen molar-refractivity contribution < 1.29 is 9.59 Å². The van der Waals surface area contributed by atoms with Gasteiger partial charge >= 0.3 is 0 Å². The van der Waals surface area contributed by atoms with E-state index in [-0.39, 0.29) is 22.9 Å². The van der Waals surface area contributed by atoms with Crippen molar-refractivity contribution in [2.45, 2.75) is 57.8 Å². The molecule has 150 valence electrons. The maximum atomic E-state index is 13.2. The molecule has 0 aromatic carbocycles. The maximum Gasteiger partial charge on any atom is 0.261 e. The number of aromatic nitrogens is 1. The van der Waals surface area contributed by atoms with Crippen molar-refractivity contribution in [3.8, 4) is 0 Å². The van der Waals surface area contributed by atoms with E-state index in [1.165, 1.54) is 12.8 Å². The monoisotopic (exact) mass is 383 g/mol. The van der Waals surface area contributed by atoms with Gasteiger partial charge in [-0.3, -0.25) is 14.4 Å². The first-order valence-electron chi connectivity index (χ1n) is 10.9. The Kier molecular flexibility index (Phi) is 4.33. The van der Waals surface area contributed by atoms with Crippen LogP contribution in [0.1, 0.15) is 66.6 Å². The molecular weight excluding hydrogens is 354 g/mol. The van der Waals surface area contributed by atoms with Crippen LogP contribution in [0.4, 0.5) is 0 Å². The molecule has 5 rings (SSSR count). The molecular formula is C22H29N3O3. The Morgan fingerprint density at radius 3 is 2.75 bits per heavy atom. The SMILES string of the molecule is O=C(c1cc2c([nH]c1=O)CCCC2)N1CC[C@]2(CCCN(CC3CC3)C2=O)C1. The van der Waals surface area contributed by atoms with Gasteiger partial charge in [0.05, 0.1) is 5.41 Å². The molecule has 2 aliphatic heterocycles. The number of aromatic amines is 1. The zero-order chi connectivity index (χ0) is 19.3. The summed E-state index contributed by atoms with van der Waals surface area (Å²) in [6.45, 7) is 2.77. The first-order chi connectivity index (χ1) is 13.6. The molecule has 4 aliphatic rings. The summed E-state index contributed by atoms with van der Waals surface area (Å²) in [5, 5.41) is 0. The lowest BCUT2D eigenvalue weighted by Gasteiger charge is -2.39. The highest BCUT2D eigenvalue weighted by Gasteiger charge is 2.50. The molecule has 3 fully saturated rings. The van der Waals surface area contributed by atoms with Crippen LogP contribution in [0.3, 0.4) is 0 Å². The first-order valence-corrected chi connectivity index (χ1v) is 10.9. The Morgan fingerprint density at radius 2 is 1.93 bits per heavy atom. The van der Waals surface area contributed by atoms with Gasteiger partial charge < -0.3 is 14.8 Å². The number of hydrogen-bond donors (Lipinski definition) is 1. The van der Waals surface area contributed by atoms with E-state index in [9.17, 15) is 14.4 Å². The predicted molar refractivity (Wildman–Crippen MR) is 105 cm³/mol. The lowest BCUT2D eigenvalue weighted by atomic mass is 9.78. The molecule has 1 aromatic rings. The summed E-state index contributed by atoms with van der Waals surface area (Å²) < 4.78 is 0. The minimum absolute atomic E-state index is 0.210. The van der Waals surface area contributed by atoms with Crippen LogP contribution in [0.2, 0.25) is 0 Å². The number of H-pyrrole nitrogens is 1. The largest absolute Gasteiger partial charge is 0.342 e. The summed E-state index contributed by atoms with van der Waals surface area (Å²) in [6.07, 6.45) is 9.07. The number of likely N-dealkylation sites (tertiary alicyclic amines) is 2. The summed E-state index contributed by atoms with van der Waals surface area (Å²) in [6, 6.07) is 1.81. The molecule has 2 aliphatic carbocycles.